The van der Waals surface area contributed by atoms with Gasteiger partial charge >= 0.3 is 5.97 Å². The van der Waals surface area contributed by atoms with Crippen LogP contribution in [0.2, 0.25) is 0 Å². The summed E-state index contributed by atoms with van der Waals surface area (Å²) >= 11 is 1.47. The maximum Gasteiger partial charge on any atom is 0.311 e. The highest BCUT2D eigenvalue weighted by Crippen LogP contribution is 2.17. The first kappa shape index (κ1) is 13.9. The Balaban J connectivity index is 2.49. The first-order valence-electron chi connectivity index (χ1n) is 5.27. The third kappa shape index (κ3) is 4.70. The largest absolute Gasteiger partial charge is 0.469 e. The van der Waals surface area contributed by atoms with Crippen LogP contribution in [-0.2, 0) is 20.7 Å². The van der Waals surface area contributed by atoms with E-state index in [2.05, 4.69) is 15.0 Å². The molecule has 1 heterocycles. The van der Waals surface area contributed by atoms with E-state index in [-0.39, 0.29) is 18.0 Å². The third-order valence-corrected chi connectivity index (χ3v) is 3.17. The maximum atomic E-state index is 11.1. The van der Waals surface area contributed by atoms with Crippen LogP contribution in [0.5, 0.6) is 0 Å². The number of ether oxygens (including phenoxy) is 2. The summed E-state index contributed by atoms with van der Waals surface area (Å²) in [6.45, 7) is 4.64. The number of thiazole rings is 1. The van der Waals surface area contributed by atoms with E-state index < -0.39 is 0 Å². The molecule has 5 nitrogen and oxygen atoms in total. The van der Waals surface area contributed by atoms with E-state index in [1.54, 1.807) is 7.11 Å². The molecule has 0 saturated heterocycles. The van der Waals surface area contributed by atoms with Gasteiger partial charge in [-0.2, -0.15) is 0 Å². The Kier molecular flexibility index (Phi) is 4.89. The number of esters is 1. The highest BCUT2D eigenvalue weighted by atomic mass is 32.1. The topological polar surface area (TPSA) is 60.5 Å². The predicted octanol–water partition coefficient (Wildman–Crippen LogP) is 1.70. The Morgan fingerprint density at radius 2 is 2.24 bits per heavy atom. The number of methoxy groups -OCH3 is 2. The van der Waals surface area contributed by atoms with Crippen molar-refractivity contribution in [2.24, 2.45) is 0 Å². The van der Waals surface area contributed by atoms with E-state index in [9.17, 15) is 4.79 Å². The van der Waals surface area contributed by atoms with Gasteiger partial charge in [-0.25, -0.2) is 4.98 Å². The SMILES string of the molecule is COC(=O)Cc1csc(NCC(C)(C)OC)n1. The number of rotatable bonds is 6. The van der Waals surface area contributed by atoms with Crippen molar-refractivity contribution in [2.75, 3.05) is 26.1 Å². The van der Waals surface area contributed by atoms with Gasteiger partial charge in [-0.1, -0.05) is 0 Å². The Bertz CT molecular complexity index is 377. The fourth-order valence-electron chi connectivity index (χ4n) is 1.05. The highest BCUT2D eigenvalue weighted by Gasteiger charge is 2.16. The van der Waals surface area contributed by atoms with Crippen molar-refractivity contribution in [3.8, 4) is 0 Å². The molecule has 1 rings (SSSR count). The molecule has 0 atom stereocenters. The minimum atomic E-state index is -0.279. The van der Waals surface area contributed by atoms with Gasteiger partial charge in [0.1, 0.15) is 0 Å². The number of nitrogens with one attached hydrogen (secondary N) is 1. The van der Waals surface area contributed by atoms with Crippen LogP contribution in [0.25, 0.3) is 0 Å². The van der Waals surface area contributed by atoms with Gasteiger partial charge in [0.25, 0.3) is 0 Å². The van der Waals surface area contributed by atoms with Crippen LogP contribution in [0.4, 0.5) is 5.13 Å². The standard InChI is InChI=1S/C11H18N2O3S/c1-11(2,16-4)7-12-10-13-8(6-17-10)5-9(14)15-3/h6H,5,7H2,1-4H3,(H,12,13). The molecule has 96 valence electrons. The molecule has 0 aliphatic heterocycles. The molecule has 0 bridgehead atoms. The van der Waals surface area contributed by atoms with Crippen molar-refractivity contribution in [1.29, 1.82) is 0 Å². The molecule has 0 unspecified atom stereocenters. The summed E-state index contributed by atoms with van der Waals surface area (Å²) in [5.74, 6) is -0.279. The lowest BCUT2D eigenvalue weighted by atomic mass is 10.1. The van der Waals surface area contributed by atoms with Gasteiger partial charge in [0.15, 0.2) is 5.13 Å². The lowest BCUT2D eigenvalue weighted by Gasteiger charge is -2.22. The zero-order valence-electron chi connectivity index (χ0n) is 10.6. The first-order chi connectivity index (χ1) is 7.96. The van der Waals surface area contributed by atoms with Crippen LogP contribution in [0.3, 0.4) is 0 Å². The molecular formula is C11H18N2O3S. The number of aromatic nitrogens is 1. The zero-order chi connectivity index (χ0) is 12.9. The van der Waals surface area contributed by atoms with E-state index in [4.69, 9.17) is 4.74 Å². The zero-order valence-corrected chi connectivity index (χ0v) is 11.4. The smallest absolute Gasteiger partial charge is 0.311 e. The van der Waals surface area contributed by atoms with Gasteiger partial charge in [-0.15, -0.1) is 11.3 Å². The Morgan fingerprint density at radius 1 is 1.53 bits per heavy atom. The summed E-state index contributed by atoms with van der Waals surface area (Å²) in [4.78, 5) is 15.3. The van der Waals surface area contributed by atoms with Crippen LogP contribution >= 0.6 is 11.3 Å². The van der Waals surface area contributed by atoms with Crippen molar-refractivity contribution in [1.82, 2.24) is 4.98 Å². The second kappa shape index (κ2) is 5.97. The first-order valence-corrected chi connectivity index (χ1v) is 6.15. The Labute approximate surface area is 105 Å². The van der Waals surface area contributed by atoms with Crippen LogP contribution < -0.4 is 5.32 Å². The van der Waals surface area contributed by atoms with Crippen LogP contribution in [0.1, 0.15) is 19.5 Å². The highest BCUT2D eigenvalue weighted by molar-refractivity contribution is 7.13. The summed E-state index contributed by atoms with van der Waals surface area (Å²) in [7, 11) is 3.04. The molecule has 0 aromatic carbocycles. The fraction of sp³-hybridized carbons (Fsp3) is 0.636. The van der Waals surface area contributed by atoms with Crippen molar-refractivity contribution >= 4 is 22.4 Å². The van der Waals surface area contributed by atoms with Gasteiger partial charge in [0.05, 0.1) is 24.8 Å². The molecule has 0 aliphatic rings. The summed E-state index contributed by atoms with van der Waals surface area (Å²) in [5.41, 5.74) is 0.480. The summed E-state index contributed by atoms with van der Waals surface area (Å²) in [5, 5.41) is 5.81. The molecular weight excluding hydrogens is 240 g/mol. The van der Waals surface area contributed by atoms with Crippen LogP contribution in [0.15, 0.2) is 5.38 Å². The van der Waals surface area contributed by atoms with E-state index in [1.807, 2.05) is 19.2 Å². The normalized spacial score (nSPS) is 11.3. The molecule has 1 aromatic heterocycles. The van der Waals surface area contributed by atoms with Crippen LogP contribution in [-0.4, -0.2) is 37.3 Å². The Morgan fingerprint density at radius 3 is 2.82 bits per heavy atom. The minimum Gasteiger partial charge on any atom is -0.469 e. The number of anilines is 1. The van der Waals surface area contributed by atoms with E-state index in [0.29, 0.717) is 6.54 Å². The van der Waals surface area contributed by atoms with Gasteiger partial charge < -0.3 is 14.8 Å². The summed E-state index contributed by atoms with van der Waals surface area (Å²) in [6, 6.07) is 0. The maximum absolute atomic E-state index is 11.1. The monoisotopic (exact) mass is 258 g/mol. The fourth-order valence-corrected chi connectivity index (χ4v) is 1.76. The quantitative estimate of drug-likeness (QED) is 0.787. The van der Waals surface area contributed by atoms with Crippen molar-refractivity contribution in [3.63, 3.8) is 0 Å². The Hall–Kier alpha value is -1.14. The van der Waals surface area contributed by atoms with Gasteiger partial charge in [-0.05, 0) is 13.8 Å². The summed E-state index contributed by atoms with van der Waals surface area (Å²) in [6.07, 6.45) is 0.211. The third-order valence-electron chi connectivity index (χ3n) is 2.32. The molecule has 0 spiro atoms. The molecule has 1 N–H and O–H groups in total. The second-order valence-corrected chi connectivity index (χ2v) is 5.07. The van der Waals surface area contributed by atoms with E-state index >= 15 is 0 Å². The molecule has 0 radical (unpaired) electrons. The molecule has 0 fully saturated rings. The minimum absolute atomic E-state index is 0.211. The average Bonchev–Trinajstić information content (AvgIpc) is 2.74. The van der Waals surface area contributed by atoms with Gasteiger partial charge in [0.2, 0.25) is 0 Å². The molecule has 1 aromatic rings. The van der Waals surface area contributed by atoms with Crippen molar-refractivity contribution < 1.29 is 14.3 Å². The molecule has 0 aliphatic carbocycles. The number of carbonyl (C=O) groups is 1. The second-order valence-electron chi connectivity index (χ2n) is 4.21. The molecule has 6 heteroatoms. The van der Waals surface area contributed by atoms with E-state index in [0.717, 1.165) is 10.8 Å². The number of hydrogen-bond acceptors (Lipinski definition) is 6. The van der Waals surface area contributed by atoms with E-state index in [1.165, 1.54) is 18.4 Å². The number of nitrogens with zero attached hydrogens (tertiary/aromatic N) is 1. The summed E-state index contributed by atoms with van der Waals surface area (Å²) < 4.78 is 9.87. The van der Waals surface area contributed by atoms with Gasteiger partial charge in [-0.3, -0.25) is 4.79 Å². The van der Waals surface area contributed by atoms with Gasteiger partial charge in [0, 0.05) is 19.0 Å². The molecule has 0 amide bonds. The van der Waals surface area contributed by atoms with Crippen molar-refractivity contribution in [3.05, 3.63) is 11.1 Å². The lowest BCUT2D eigenvalue weighted by Crippen LogP contribution is -2.32. The average molecular weight is 258 g/mol. The van der Waals surface area contributed by atoms with Crippen molar-refractivity contribution in [2.45, 2.75) is 25.9 Å². The number of hydrogen-bond donors (Lipinski definition) is 1. The number of carbonyl (C=O) groups excluding carboxylic acids is 1. The molecule has 17 heavy (non-hydrogen) atoms. The lowest BCUT2D eigenvalue weighted by molar-refractivity contribution is -0.139. The molecule has 0 saturated carbocycles. The van der Waals surface area contributed by atoms with Crippen LogP contribution in [0, 0.1) is 0 Å². The predicted molar refractivity (Wildman–Crippen MR) is 67.4 cm³/mol.